The van der Waals surface area contributed by atoms with E-state index in [1.54, 1.807) is 0 Å². The van der Waals surface area contributed by atoms with E-state index in [1.807, 2.05) is 33.8 Å². The maximum absolute atomic E-state index is 13.7. The van der Waals surface area contributed by atoms with E-state index < -0.39 is 18.4 Å². The number of carbonyl (C=O) groups is 2. The summed E-state index contributed by atoms with van der Waals surface area (Å²) in [7, 11) is 0. The zero-order valence-electron chi connectivity index (χ0n) is 14.0. The summed E-state index contributed by atoms with van der Waals surface area (Å²) >= 11 is 5.82. The normalized spacial score (nSPS) is 10.6. The number of rotatable bonds is 4. The first-order valence-electron chi connectivity index (χ1n) is 7.45. The zero-order valence-corrected chi connectivity index (χ0v) is 14.8. The van der Waals surface area contributed by atoms with Gasteiger partial charge in [-0.2, -0.15) is 0 Å². The van der Waals surface area contributed by atoms with Gasteiger partial charge >= 0.3 is 5.97 Å². The van der Waals surface area contributed by atoms with Gasteiger partial charge in [-0.15, -0.1) is 0 Å². The lowest BCUT2D eigenvalue weighted by Crippen LogP contribution is -2.18. The van der Waals surface area contributed by atoms with Crippen LogP contribution < -0.4 is 0 Å². The molecular formula is C19H18ClFO3. The minimum absolute atomic E-state index is 0.0500. The number of aryl methyl sites for hydroxylation is 2. The van der Waals surface area contributed by atoms with Gasteiger partial charge in [-0.1, -0.05) is 23.7 Å². The van der Waals surface area contributed by atoms with Gasteiger partial charge < -0.3 is 4.74 Å². The number of Topliss-reactive ketones (excluding diaryl/α,β-unsaturated/α-hetero) is 1. The zero-order chi connectivity index (χ0) is 18.0. The van der Waals surface area contributed by atoms with Gasteiger partial charge in [0.25, 0.3) is 0 Å². The summed E-state index contributed by atoms with van der Waals surface area (Å²) in [5.74, 6) is -2.06. The molecule has 0 aliphatic rings. The predicted molar refractivity (Wildman–Crippen MR) is 91.4 cm³/mol. The summed E-state index contributed by atoms with van der Waals surface area (Å²) in [4.78, 5) is 24.5. The van der Waals surface area contributed by atoms with Crippen molar-refractivity contribution >= 4 is 23.4 Å². The Kier molecular flexibility index (Phi) is 5.40. The molecule has 126 valence electrons. The van der Waals surface area contributed by atoms with Crippen molar-refractivity contribution in [1.82, 2.24) is 0 Å². The number of carbonyl (C=O) groups excluding carboxylic acids is 2. The van der Waals surface area contributed by atoms with E-state index >= 15 is 0 Å². The molecule has 0 spiro atoms. The van der Waals surface area contributed by atoms with Crippen LogP contribution in [0.5, 0.6) is 0 Å². The van der Waals surface area contributed by atoms with Crippen LogP contribution in [0.4, 0.5) is 4.39 Å². The number of hydrogen-bond donors (Lipinski definition) is 0. The Bertz CT molecular complexity index is 808. The monoisotopic (exact) mass is 348 g/mol. The van der Waals surface area contributed by atoms with E-state index in [1.165, 1.54) is 12.1 Å². The lowest BCUT2D eigenvalue weighted by molar-refractivity contribution is 0.0470. The highest BCUT2D eigenvalue weighted by atomic mass is 35.5. The molecule has 0 atom stereocenters. The van der Waals surface area contributed by atoms with Crippen molar-refractivity contribution < 1.29 is 18.7 Å². The van der Waals surface area contributed by atoms with Crippen LogP contribution in [-0.2, 0) is 4.74 Å². The number of halogens is 2. The molecule has 0 unspecified atom stereocenters. The molecule has 0 bridgehead atoms. The van der Waals surface area contributed by atoms with Gasteiger partial charge in [0.1, 0.15) is 11.4 Å². The van der Waals surface area contributed by atoms with E-state index in [0.29, 0.717) is 5.56 Å². The first kappa shape index (κ1) is 18.1. The Morgan fingerprint density at radius 1 is 1.04 bits per heavy atom. The molecule has 0 radical (unpaired) electrons. The molecule has 0 saturated carbocycles. The van der Waals surface area contributed by atoms with Crippen LogP contribution in [0.15, 0.2) is 24.3 Å². The predicted octanol–water partition coefficient (Wildman–Crippen LogP) is 4.75. The van der Waals surface area contributed by atoms with Gasteiger partial charge in [0.2, 0.25) is 5.78 Å². The van der Waals surface area contributed by atoms with E-state index in [0.717, 1.165) is 28.3 Å². The van der Waals surface area contributed by atoms with E-state index in [4.69, 9.17) is 16.3 Å². The molecule has 2 aromatic rings. The largest absolute Gasteiger partial charge is 0.454 e. The fourth-order valence-electron chi connectivity index (χ4n) is 2.68. The quantitative estimate of drug-likeness (QED) is 0.591. The molecule has 0 aliphatic heterocycles. The lowest BCUT2D eigenvalue weighted by Gasteiger charge is -2.14. The van der Waals surface area contributed by atoms with E-state index in [9.17, 15) is 14.0 Å². The third-order valence-electron chi connectivity index (χ3n) is 4.14. The maximum Gasteiger partial charge on any atom is 0.343 e. The van der Waals surface area contributed by atoms with Crippen molar-refractivity contribution in [3.63, 3.8) is 0 Å². The molecule has 0 amide bonds. The standard InChI is InChI=1S/C19H18ClFO3/c1-10-8-11(2)17(13(4)12(10)3)16(22)9-24-19(23)18-14(20)6-5-7-15(18)21/h5-8H,9H2,1-4H3. The number of benzene rings is 2. The maximum atomic E-state index is 13.7. The molecule has 2 aromatic carbocycles. The van der Waals surface area contributed by atoms with Gasteiger partial charge in [0, 0.05) is 5.56 Å². The first-order valence-corrected chi connectivity index (χ1v) is 7.83. The Hall–Kier alpha value is -2.20. The van der Waals surface area contributed by atoms with Gasteiger partial charge in [0.05, 0.1) is 5.02 Å². The minimum Gasteiger partial charge on any atom is -0.454 e. The summed E-state index contributed by atoms with van der Waals surface area (Å²) in [6, 6.07) is 5.81. The number of ether oxygens (including phenoxy) is 1. The second kappa shape index (κ2) is 7.14. The molecule has 3 nitrogen and oxygen atoms in total. The molecule has 0 aromatic heterocycles. The summed E-state index contributed by atoms with van der Waals surface area (Å²) in [6.45, 7) is 7.14. The second-order valence-electron chi connectivity index (χ2n) is 5.73. The molecule has 0 N–H and O–H groups in total. The van der Waals surface area contributed by atoms with Crippen molar-refractivity contribution in [3.8, 4) is 0 Å². The van der Waals surface area contributed by atoms with Crippen LogP contribution >= 0.6 is 11.6 Å². The molecular weight excluding hydrogens is 331 g/mol. The summed E-state index contributed by atoms with van der Waals surface area (Å²) in [6.07, 6.45) is 0. The third-order valence-corrected chi connectivity index (χ3v) is 4.45. The summed E-state index contributed by atoms with van der Waals surface area (Å²) in [5, 5.41) is -0.0500. The van der Waals surface area contributed by atoms with Crippen LogP contribution in [0.2, 0.25) is 5.02 Å². The highest BCUT2D eigenvalue weighted by Gasteiger charge is 2.21. The van der Waals surface area contributed by atoms with Crippen LogP contribution in [-0.4, -0.2) is 18.4 Å². The third kappa shape index (κ3) is 3.49. The van der Waals surface area contributed by atoms with Gasteiger partial charge in [-0.3, -0.25) is 4.79 Å². The van der Waals surface area contributed by atoms with Crippen LogP contribution in [0.3, 0.4) is 0 Å². The Balaban J connectivity index is 2.20. The number of ketones is 1. The smallest absolute Gasteiger partial charge is 0.343 e. The van der Waals surface area contributed by atoms with Crippen LogP contribution in [0.1, 0.15) is 43.0 Å². The highest BCUT2D eigenvalue weighted by molar-refractivity contribution is 6.33. The second-order valence-corrected chi connectivity index (χ2v) is 6.14. The van der Waals surface area contributed by atoms with Crippen LogP contribution in [0.25, 0.3) is 0 Å². The van der Waals surface area contributed by atoms with Gasteiger partial charge in [0.15, 0.2) is 6.61 Å². The number of esters is 1. The first-order chi connectivity index (χ1) is 11.2. The molecule has 2 rings (SSSR count). The fraction of sp³-hybridized carbons (Fsp3) is 0.263. The fourth-order valence-corrected chi connectivity index (χ4v) is 2.92. The van der Waals surface area contributed by atoms with Crippen molar-refractivity contribution in [3.05, 3.63) is 68.5 Å². The Morgan fingerprint density at radius 3 is 2.33 bits per heavy atom. The molecule has 0 aliphatic carbocycles. The molecule has 0 saturated heterocycles. The lowest BCUT2D eigenvalue weighted by atomic mass is 9.92. The van der Waals surface area contributed by atoms with Crippen molar-refractivity contribution in [1.29, 1.82) is 0 Å². The topological polar surface area (TPSA) is 43.4 Å². The van der Waals surface area contributed by atoms with Crippen LogP contribution in [0, 0.1) is 33.5 Å². The highest BCUT2D eigenvalue weighted by Crippen LogP contribution is 2.23. The van der Waals surface area contributed by atoms with Gasteiger partial charge in [-0.05, 0) is 62.1 Å². The van der Waals surface area contributed by atoms with Crippen molar-refractivity contribution in [2.24, 2.45) is 0 Å². The molecule has 0 heterocycles. The van der Waals surface area contributed by atoms with Crippen molar-refractivity contribution in [2.75, 3.05) is 6.61 Å². The average molecular weight is 349 g/mol. The van der Waals surface area contributed by atoms with E-state index in [2.05, 4.69) is 0 Å². The number of hydrogen-bond acceptors (Lipinski definition) is 3. The SMILES string of the molecule is Cc1cc(C)c(C(=O)COC(=O)c2c(F)cccc2Cl)c(C)c1C. The molecule has 0 fully saturated rings. The summed E-state index contributed by atoms with van der Waals surface area (Å²) < 4.78 is 18.7. The molecule has 5 heteroatoms. The van der Waals surface area contributed by atoms with E-state index in [-0.39, 0.29) is 16.4 Å². The average Bonchev–Trinajstić information content (AvgIpc) is 2.50. The Morgan fingerprint density at radius 2 is 1.71 bits per heavy atom. The summed E-state index contributed by atoms with van der Waals surface area (Å²) in [5.41, 5.74) is 3.97. The molecule has 24 heavy (non-hydrogen) atoms. The minimum atomic E-state index is -0.953. The van der Waals surface area contributed by atoms with Crippen molar-refractivity contribution in [2.45, 2.75) is 27.7 Å². The van der Waals surface area contributed by atoms with Gasteiger partial charge in [-0.25, -0.2) is 9.18 Å². The Labute approximate surface area is 145 Å².